The second-order valence-corrected chi connectivity index (χ2v) is 3.90. The van der Waals surface area contributed by atoms with Crippen LogP contribution in [0.3, 0.4) is 0 Å². The minimum absolute atomic E-state index is 0.304. The first kappa shape index (κ1) is 11.3. The van der Waals surface area contributed by atoms with E-state index >= 15 is 0 Å². The minimum atomic E-state index is -1.02. The van der Waals surface area contributed by atoms with Gasteiger partial charge in [-0.05, 0) is 24.4 Å². The largest absolute Gasteiger partial charge is 0.390 e. The van der Waals surface area contributed by atoms with Gasteiger partial charge in [-0.3, -0.25) is 4.79 Å². The zero-order chi connectivity index (χ0) is 10.6. The summed E-state index contributed by atoms with van der Waals surface area (Å²) >= 11 is 1.24. The van der Waals surface area contributed by atoms with Crippen molar-refractivity contribution in [2.24, 2.45) is 5.73 Å². The number of thiophene rings is 1. The smallest absolute Gasteiger partial charge is 0.160 e. The van der Waals surface area contributed by atoms with E-state index in [1.807, 2.05) is 0 Å². The molecule has 0 spiro atoms. The molecule has 0 fully saturated rings. The van der Waals surface area contributed by atoms with Gasteiger partial charge in [0.1, 0.15) is 6.10 Å². The third-order valence-corrected chi connectivity index (χ3v) is 2.84. The molecule has 0 amide bonds. The molecule has 4 N–H and O–H groups in total. The van der Waals surface area contributed by atoms with E-state index in [-0.39, 0.29) is 0 Å². The number of nitrogens with two attached hydrogens (primary N) is 1. The SMILES string of the molecule is NCCC(O)C(O)c1ccsc1C=O. The maximum atomic E-state index is 10.6. The van der Waals surface area contributed by atoms with Gasteiger partial charge in [0.05, 0.1) is 11.0 Å². The van der Waals surface area contributed by atoms with Crippen molar-refractivity contribution in [3.63, 3.8) is 0 Å². The van der Waals surface area contributed by atoms with Crippen LogP contribution in [0.15, 0.2) is 11.4 Å². The van der Waals surface area contributed by atoms with Gasteiger partial charge in [-0.1, -0.05) is 0 Å². The van der Waals surface area contributed by atoms with E-state index in [9.17, 15) is 15.0 Å². The lowest BCUT2D eigenvalue weighted by atomic mass is 10.0. The number of carbonyl (C=O) groups excluding carboxylic acids is 1. The molecule has 1 heterocycles. The lowest BCUT2D eigenvalue weighted by Gasteiger charge is -2.16. The van der Waals surface area contributed by atoms with Gasteiger partial charge >= 0.3 is 0 Å². The number of rotatable bonds is 5. The number of aliphatic hydroxyl groups is 2. The molecule has 1 aromatic heterocycles. The second kappa shape index (κ2) is 5.21. The lowest BCUT2D eigenvalue weighted by Crippen LogP contribution is -2.22. The van der Waals surface area contributed by atoms with Crippen molar-refractivity contribution < 1.29 is 15.0 Å². The maximum absolute atomic E-state index is 10.6. The highest BCUT2D eigenvalue weighted by Gasteiger charge is 2.20. The highest BCUT2D eigenvalue weighted by molar-refractivity contribution is 7.11. The Kier molecular flexibility index (Phi) is 4.21. The Hall–Kier alpha value is -0.750. The molecule has 0 radical (unpaired) electrons. The van der Waals surface area contributed by atoms with Crippen LogP contribution >= 0.6 is 11.3 Å². The standard InChI is InChI=1S/C9H13NO3S/c10-3-1-7(12)9(13)6-2-4-14-8(6)5-11/h2,4-5,7,9,12-13H,1,3,10H2. The van der Waals surface area contributed by atoms with Crippen LogP contribution in [-0.2, 0) is 0 Å². The first-order valence-corrected chi connectivity index (χ1v) is 5.17. The van der Waals surface area contributed by atoms with Crippen LogP contribution in [-0.4, -0.2) is 29.1 Å². The van der Waals surface area contributed by atoms with Crippen molar-refractivity contribution in [1.29, 1.82) is 0 Å². The van der Waals surface area contributed by atoms with E-state index < -0.39 is 12.2 Å². The average molecular weight is 215 g/mol. The average Bonchev–Trinajstić information content (AvgIpc) is 2.64. The monoisotopic (exact) mass is 215 g/mol. The number of aldehydes is 1. The van der Waals surface area contributed by atoms with Gasteiger partial charge < -0.3 is 15.9 Å². The fraction of sp³-hybridized carbons (Fsp3) is 0.444. The summed E-state index contributed by atoms with van der Waals surface area (Å²) in [5.41, 5.74) is 5.73. The molecule has 1 aromatic rings. The van der Waals surface area contributed by atoms with Gasteiger partial charge in [-0.15, -0.1) is 11.3 Å². The van der Waals surface area contributed by atoms with Crippen molar-refractivity contribution in [2.45, 2.75) is 18.6 Å². The zero-order valence-electron chi connectivity index (χ0n) is 7.59. The van der Waals surface area contributed by atoms with Gasteiger partial charge in [0, 0.05) is 5.56 Å². The Morgan fingerprint density at radius 1 is 1.57 bits per heavy atom. The van der Waals surface area contributed by atoms with E-state index in [2.05, 4.69) is 0 Å². The lowest BCUT2D eigenvalue weighted by molar-refractivity contribution is 0.0150. The van der Waals surface area contributed by atoms with Crippen molar-refractivity contribution in [1.82, 2.24) is 0 Å². The summed E-state index contributed by atoms with van der Waals surface area (Å²) in [4.78, 5) is 11.0. The molecule has 0 aliphatic heterocycles. The molecule has 14 heavy (non-hydrogen) atoms. The van der Waals surface area contributed by atoms with Gasteiger partial charge in [0.2, 0.25) is 0 Å². The van der Waals surface area contributed by atoms with Crippen LogP contribution in [0, 0.1) is 0 Å². The summed E-state index contributed by atoms with van der Waals surface area (Å²) in [6.45, 7) is 0.304. The summed E-state index contributed by atoms with van der Waals surface area (Å²) in [5.74, 6) is 0. The summed E-state index contributed by atoms with van der Waals surface area (Å²) < 4.78 is 0. The molecule has 0 aliphatic carbocycles. The molecule has 0 saturated heterocycles. The zero-order valence-corrected chi connectivity index (χ0v) is 8.41. The quantitative estimate of drug-likeness (QED) is 0.617. The molecule has 4 nitrogen and oxygen atoms in total. The van der Waals surface area contributed by atoms with E-state index in [0.717, 1.165) is 0 Å². The van der Waals surface area contributed by atoms with Crippen LogP contribution in [0.5, 0.6) is 0 Å². The second-order valence-electron chi connectivity index (χ2n) is 2.95. The Balaban J connectivity index is 2.77. The predicted octanol–water partition coefficient (Wildman–Crippen LogP) is 0.304. The Morgan fingerprint density at radius 2 is 2.29 bits per heavy atom. The van der Waals surface area contributed by atoms with Crippen molar-refractivity contribution in [3.05, 3.63) is 21.9 Å². The van der Waals surface area contributed by atoms with Crippen LogP contribution in [0.25, 0.3) is 0 Å². The molecule has 1 rings (SSSR count). The molecule has 0 bridgehead atoms. The number of hydrogen-bond donors (Lipinski definition) is 3. The number of hydrogen-bond acceptors (Lipinski definition) is 5. The Labute approximate surface area is 86.0 Å². The van der Waals surface area contributed by atoms with Gasteiger partial charge in [-0.2, -0.15) is 0 Å². The fourth-order valence-electron chi connectivity index (χ4n) is 1.21. The fourth-order valence-corrected chi connectivity index (χ4v) is 1.95. The number of aliphatic hydroxyl groups excluding tert-OH is 2. The van der Waals surface area contributed by atoms with E-state index in [1.54, 1.807) is 11.4 Å². The van der Waals surface area contributed by atoms with E-state index in [4.69, 9.17) is 5.73 Å². The molecule has 5 heteroatoms. The van der Waals surface area contributed by atoms with E-state index in [0.29, 0.717) is 29.7 Å². The minimum Gasteiger partial charge on any atom is -0.390 e. The summed E-state index contributed by atoms with van der Waals surface area (Å²) in [6.07, 6.45) is -0.938. The van der Waals surface area contributed by atoms with Crippen LogP contribution in [0.4, 0.5) is 0 Å². The highest BCUT2D eigenvalue weighted by Crippen LogP contribution is 2.25. The highest BCUT2D eigenvalue weighted by atomic mass is 32.1. The van der Waals surface area contributed by atoms with E-state index in [1.165, 1.54) is 11.3 Å². The first-order chi connectivity index (χ1) is 6.70. The Bertz CT molecular complexity index is 300. The third kappa shape index (κ3) is 2.39. The molecule has 0 saturated carbocycles. The molecular weight excluding hydrogens is 202 g/mol. The third-order valence-electron chi connectivity index (χ3n) is 1.98. The molecule has 0 aromatic carbocycles. The molecule has 0 aliphatic rings. The van der Waals surface area contributed by atoms with Crippen molar-refractivity contribution in [3.8, 4) is 0 Å². The summed E-state index contributed by atoms with van der Waals surface area (Å²) in [7, 11) is 0. The summed E-state index contributed by atoms with van der Waals surface area (Å²) in [6, 6.07) is 1.64. The first-order valence-electron chi connectivity index (χ1n) is 4.29. The maximum Gasteiger partial charge on any atom is 0.160 e. The van der Waals surface area contributed by atoms with Gasteiger partial charge in [-0.25, -0.2) is 0 Å². The predicted molar refractivity (Wildman–Crippen MR) is 54.3 cm³/mol. The molecule has 2 atom stereocenters. The topological polar surface area (TPSA) is 83.6 Å². The molecular formula is C9H13NO3S. The van der Waals surface area contributed by atoms with Gasteiger partial charge in [0.25, 0.3) is 0 Å². The van der Waals surface area contributed by atoms with Crippen LogP contribution in [0.1, 0.15) is 27.8 Å². The van der Waals surface area contributed by atoms with Gasteiger partial charge in [0.15, 0.2) is 6.29 Å². The van der Waals surface area contributed by atoms with Crippen LogP contribution < -0.4 is 5.73 Å². The van der Waals surface area contributed by atoms with Crippen LogP contribution in [0.2, 0.25) is 0 Å². The number of carbonyl (C=O) groups is 1. The summed E-state index contributed by atoms with van der Waals surface area (Å²) in [5, 5.41) is 20.8. The molecule has 2 unspecified atom stereocenters. The Morgan fingerprint density at radius 3 is 2.86 bits per heavy atom. The normalized spacial score (nSPS) is 15.1. The van der Waals surface area contributed by atoms with Crippen molar-refractivity contribution in [2.75, 3.05) is 6.54 Å². The molecule has 78 valence electrons. The van der Waals surface area contributed by atoms with Crippen molar-refractivity contribution >= 4 is 17.6 Å².